The van der Waals surface area contributed by atoms with E-state index < -0.39 is 0 Å². The van der Waals surface area contributed by atoms with Gasteiger partial charge in [0.2, 0.25) is 5.91 Å². The molecule has 1 unspecified atom stereocenters. The summed E-state index contributed by atoms with van der Waals surface area (Å²) in [6, 6.07) is 7.65. The van der Waals surface area contributed by atoms with Crippen molar-refractivity contribution in [2.45, 2.75) is 19.8 Å². The first-order chi connectivity index (χ1) is 14.0. The first-order valence-corrected chi connectivity index (χ1v) is 11.0. The van der Waals surface area contributed by atoms with Crippen LogP contribution in [0.3, 0.4) is 0 Å². The highest BCUT2D eigenvalue weighted by atomic mass is 32.1. The van der Waals surface area contributed by atoms with Crippen LogP contribution in [0.5, 0.6) is 0 Å². The Kier molecular flexibility index (Phi) is 5.59. The summed E-state index contributed by atoms with van der Waals surface area (Å²) in [5, 5.41) is 5.74. The van der Waals surface area contributed by atoms with E-state index >= 15 is 0 Å². The molecule has 29 heavy (non-hydrogen) atoms. The van der Waals surface area contributed by atoms with E-state index in [0.29, 0.717) is 22.8 Å². The van der Waals surface area contributed by atoms with Gasteiger partial charge in [-0.3, -0.25) is 9.59 Å². The average Bonchev–Trinajstić information content (AvgIpc) is 3.38. The molecule has 3 aromatic heterocycles. The molecule has 1 atom stereocenters. The van der Waals surface area contributed by atoms with Crippen molar-refractivity contribution in [3.05, 3.63) is 46.4 Å². The number of rotatable bonds is 5. The second kappa shape index (κ2) is 8.30. The standard InChI is InChI=1S/C20H21N5O2S2/c1-12-17(29-20(23-12)15-5-3-9-28-15)19(27)24-14-6-7-16(22-10-14)25-8-2-4-13(11-25)18(21)26/h3,5-7,9-10,13H,2,4,8,11H2,1H3,(H2,21,26)(H,24,27). The lowest BCUT2D eigenvalue weighted by molar-refractivity contribution is -0.122. The summed E-state index contributed by atoms with van der Waals surface area (Å²) < 4.78 is 0. The Bertz CT molecular complexity index is 1010. The molecular formula is C20H21N5O2S2. The highest BCUT2D eigenvalue weighted by molar-refractivity contribution is 7.22. The molecule has 1 aliphatic rings. The fraction of sp³-hybridized carbons (Fsp3) is 0.300. The number of aryl methyl sites for hydroxylation is 1. The summed E-state index contributed by atoms with van der Waals surface area (Å²) in [5.41, 5.74) is 6.78. The van der Waals surface area contributed by atoms with Crippen LogP contribution in [0.2, 0.25) is 0 Å². The number of pyridine rings is 1. The van der Waals surface area contributed by atoms with Gasteiger partial charge < -0.3 is 16.0 Å². The van der Waals surface area contributed by atoms with Gasteiger partial charge in [-0.05, 0) is 43.3 Å². The normalized spacial score (nSPS) is 16.6. The van der Waals surface area contributed by atoms with Crippen molar-refractivity contribution in [3.8, 4) is 9.88 Å². The second-order valence-corrected chi connectivity index (χ2v) is 8.90. The van der Waals surface area contributed by atoms with Crippen molar-refractivity contribution < 1.29 is 9.59 Å². The predicted octanol–water partition coefficient (Wildman–Crippen LogP) is 3.53. The number of amides is 2. The summed E-state index contributed by atoms with van der Waals surface area (Å²) >= 11 is 2.99. The predicted molar refractivity (Wildman–Crippen MR) is 116 cm³/mol. The Balaban J connectivity index is 1.44. The van der Waals surface area contributed by atoms with Gasteiger partial charge in [0.25, 0.3) is 5.91 Å². The van der Waals surface area contributed by atoms with E-state index in [2.05, 4.69) is 20.2 Å². The van der Waals surface area contributed by atoms with Gasteiger partial charge in [0.05, 0.1) is 28.4 Å². The third-order valence-corrected chi connectivity index (χ3v) is 7.08. The third-order valence-electron chi connectivity index (χ3n) is 4.89. The maximum absolute atomic E-state index is 12.7. The molecule has 1 saturated heterocycles. The summed E-state index contributed by atoms with van der Waals surface area (Å²) in [7, 11) is 0. The van der Waals surface area contributed by atoms with E-state index in [1.54, 1.807) is 17.5 Å². The molecule has 7 nitrogen and oxygen atoms in total. The molecule has 150 valence electrons. The number of nitrogens with zero attached hydrogens (tertiary/aromatic N) is 3. The van der Waals surface area contributed by atoms with Crippen molar-refractivity contribution in [1.29, 1.82) is 0 Å². The number of nitrogens with two attached hydrogens (primary N) is 1. The highest BCUT2D eigenvalue weighted by Gasteiger charge is 2.24. The van der Waals surface area contributed by atoms with Crippen molar-refractivity contribution in [3.63, 3.8) is 0 Å². The number of carbonyl (C=O) groups excluding carboxylic acids is 2. The topological polar surface area (TPSA) is 101 Å². The Morgan fingerprint density at radius 3 is 2.86 bits per heavy atom. The lowest BCUT2D eigenvalue weighted by Crippen LogP contribution is -2.41. The Hall–Kier alpha value is -2.78. The van der Waals surface area contributed by atoms with Crippen LogP contribution in [0.4, 0.5) is 11.5 Å². The molecule has 3 N–H and O–H groups in total. The second-order valence-electron chi connectivity index (χ2n) is 6.96. The van der Waals surface area contributed by atoms with E-state index in [-0.39, 0.29) is 17.7 Å². The highest BCUT2D eigenvalue weighted by Crippen LogP contribution is 2.31. The number of primary amides is 1. The first-order valence-electron chi connectivity index (χ1n) is 9.34. The third kappa shape index (κ3) is 4.30. The summed E-state index contributed by atoms with van der Waals surface area (Å²) in [6.45, 7) is 3.27. The summed E-state index contributed by atoms with van der Waals surface area (Å²) in [6.07, 6.45) is 3.37. The molecule has 0 saturated carbocycles. The average molecular weight is 428 g/mol. The van der Waals surface area contributed by atoms with Crippen LogP contribution in [0.25, 0.3) is 9.88 Å². The zero-order chi connectivity index (χ0) is 20.4. The molecule has 0 aromatic carbocycles. The number of thiazole rings is 1. The van der Waals surface area contributed by atoms with Gasteiger partial charge in [-0.2, -0.15) is 0 Å². The largest absolute Gasteiger partial charge is 0.369 e. The van der Waals surface area contributed by atoms with Crippen molar-refractivity contribution >= 4 is 46.0 Å². The monoisotopic (exact) mass is 427 g/mol. The Morgan fingerprint density at radius 1 is 1.31 bits per heavy atom. The van der Waals surface area contributed by atoms with Crippen molar-refractivity contribution in [2.75, 3.05) is 23.3 Å². The minimum Gasteiger partial charge on any atom is -0.369 e. The van der Waals surface area contributed by atoms with E-state index in [1.807, 2.05) is 36.6 Å². The fourth-order valence-corrected chi connectivity index (χ4v) is 5.12. The first kappa shape index (κ1) is 19.5. The van der Waals surface area contributed by atoms with Crippen LogP contribution in [-0.2, 0) is 4.79 Å². The van der Waals surface area contributed by atoms with Crippen LogP contribution >= 0.6 is 22.7 Å². The number of carbonyl (C=O) groups is 2. The quantitative estimate of drug-likeness (QED) is 0.649. The molecule has 0 bridgehead atoms. The summed E-state index contributed by atoms with van der Waals surface area (Å²) in [5.74, 6) is 0.184. The zero-order valence-electron chi connectivity index (χ0n) is 15.9. The van der Waals surface area contributed by atoms with Gasteiger partial charge in [0, 0.05) is 13.1 Å². The minimum absolute atomic E-state index is 0.142. The molecule has 9 heteroatoms. The number of piperidine rings is 1. The van der Waals surface area contributed by atoms with E-state index in [9.17, 15) is 9.59 Å². The van der Waals surface area contributed by atoms with Crippen LogP contribution < -0.4 is 16.0 Å². The fourth-order valence-electron chi connectivity index (χ4n) is 3.37. The van der Waals surface area contributed by atoms with Crippen LogP contribution in [0, 0.1) is 12.8 Å². The van der Waals surface area contributed by atoms with E-state index in [1.165, 1.54) is 11.3 Å². The molecule has 3 aromatic rings. The minimum atomic E-state index is -0.263. The van der Waals surface area contributed by atoms with Crippen LogP contribution in [-0.4, -0.2) is 34.9 Å². The van der Waals surface area contributed by atoms with Gasteiger partial charge in [-0.1, -0.05) is 6.07 Å². The van der Waals surface area contributed by atoms with Crippen molar-refractivity contribution in [1.82, 2.24) is 9.97 Å². The molecule has 4 rings (SSSR count). The maximum Gasteiger partial charge on any atom is 0.267 e. The molecule has 0 aliphatic carbocycles. The lowest BCUT2D eigenvalue weighted by atomic mass is 9.97. The number of nitrogens with one attached hydrogen (secondary N) is 1. The molecule has 1 aliphatic heterocycles. The molecular weight excluding hydrogens is 406 g/mol. The zero-order valence-corrected chi connectivity index (χ0v) is 17.6. The van der Waals surface area contributed by atoms with E-state index in [4.69, 9.17) is 5.73 Å². The molecule has 0 spiro atoms. The number of anilines is 2. The Labute approximate surface area is 176 Å². The molecule has 0 radical (unpaired) electrons. The van der Waals surface area contributed by atoms with Crippen LogP contribution in [0.1, 0.15) is 28.2 Å². The van der Waals surface area contributed by atoms with Gasteiger partial charge in [-0.25, -0.2) is 9.97 Å². The van der Waals surface area contributed by atoms with E-state index in [0.717, 1.165) is 35.1 Å². The van der Waals surface area contributed by atoms with Gasteiger partial charge in [-0.15, -0.1) is 22.7 Å². The maximum atomic E-state index is 12.7. The smallest absolute Gasteiger partial charge is 0.267 e. The molecule has 2 amide bonds. The number of aromatic nitrogens is 2. The molecule has 1 fully saturated rings. The SMILES string of the molecule is Cc1nc(-c2cccs2)sc1C(=O)Nc1ccc(N2CCCC(C(N)=O)C2)nc1. The number of hydrogen-bond donors (Lipinski definition) is 2. The van der Waals surface area contributed by atoms with Crippen molar-refractivity contribution in [2.24, 2.45) is 11.7 Å². The van der Waals surface area contributed by atoms with Gasteiger partial charge in [0.15, 0.2) is 0 Å². The lowest BCUT2D eigenvalue weighted by Gasteiger charge is -2.32. The molecule has 4 heterocycles. The van der Waals surface area contributed by atoms with Crippen LogP contribution in [0.15, 0.2) is 35.8 Å². The Morgan fingerprint density at radius 2 is 2.17 bits per heavy atom. The summed E-state index contributed by atoms with van der Waals surface area (Å²) in [4.78, 5) is 36.9. The number of hydrogen-bond acceptors (Lipinski definition) is 7. The number of thiophene rings is 1. The van der Waals surface area contributed by atoms with Gasteiger partial charge in [0.1, 0.15) is 15.7 Å². The van der Waals surface area contributed by atoms with Gasteiger partial charge >= 0.3 is 0 Å².